The molecule has 6 nitrogen and oxygen atoms in total. The number of ketones is 2. The van der Waals surface area contributed by atoms with E-state index >= 15 is 0 Å². The van der Waals surface area contributed by atoms with E-state index in [4.69, 9.17) is 9.47 Å². The Bertz CT molecular complexity index is 766. The van der Waals surface area contributed by atoms with Crippen molar-refractivity contribution in [3.63, 3.8) is 0 Å². The number of phenols is 2. The first-order valence-corrected chi connectivity index (χ1v) is 6.47. The lowest BCUT2D eigenvalue weighted by Gasteiger charge is -2.26. The number of hydrogen-bond donors (Lipinski definition) is 2. The van der Waals surface area contributed by atoms with Crippen LogP contribution in [0.5, 0.6) is 23.0 Å². The summed E-state index contributed by atoms with van der Waals surface area (Å²) in [5.41, 5.74) is 0.197. The summed E-state index contributed by atoms with van der Waals surface area (Å²) in [6, 6.07) is 9.43. The second-order valence-corrected chi connectivity index (χ2v) is 4.75. The first-order chi connectivity index (χ1) is 10.5. The Morgan fingerprint density at radius 3 is 2.41 bits per heavy atom. The number of hydrogen-bond acceptors (Lipinski definition) is 6. The van der Waals surface area contributed by atoms with Gasteiger partial charge in [-0.05, 0) is 0 Å². The SMILES string of the molecule is COc1c(O)cc(O)c2c1OC(c1ccccc1)C(=O)C2=O. The van der Waals surface area contributed by atoms with Crippen LogP contribution in [-0.2, 0) is 4.79 Å². The van der Waals surface area contributed by atoms with E-state index < -0.39 is 23.4 Å². The van der Waals surface area contributed by atoms with Gasteiger partial charge in [-0.25, -0.2) is 0 Å². The third-order valence-corrected chi connectivity index (χ3v) is 3.43. The summed E-state index contributed by atoms with van der Waals surface area (Å²) in [5, 5.41) is 19.6. The Morgan fingerprint density at radius 2 is 1.77 bits per heavy atom. The molecule has 0 aromatic heterocycles. The second-order valence-electron chi connectivity index (χ2n) is 4.75. The molecular weight excluding hydrogens is 288 g/mol. The Balaban J connectivity index is 2.19. The summed E-state index contributed by atoms with van der Waals surface area (Å²) in [6.45, 7) is 0. The highest BCUT2D eigenvalue weighted by atomic mass is 16.5. The Kier molecular flexibility index (Phi) is 3.21. The van der Waals surface area contributed by atoms with Gasteiger partial charge in [0.05, 0.1) is 7.11 Å². The van der Waals surface area contributed by atoms with Crippen LogP contribution in [-0.4, -0.2) is 28.9 Å². The van der Waals surface area contributed by atoms with E-state index in [2.05, 4.69) is 0 Å². The average molecular weight is 300 g/mol. The number of carbonyl (C=O) groups is 2. The summed E-state index contributed by atoms with van der Waals surface area (Å²) < 4.78 is 10.6. The highest BCUT2D eigenvalue weighted by Crippen LogP contribution is 2.48. The molecule has 1 aliphatic heterocycles. The Hall–Kier alpha value is -3.02. The molecule has 1 atom stereocenters. The lowest BCUT2D eigenvalue weighted by molar-refractivity contribution is -0.122. The number of methoxy groups -OCH3 is 1. The van der Waals surface area contributed by atoms with Crippen molar-refractivity contribution < 1.29 is 29.3 Å². The number of aromatic hydroxyl groups is 2. The fraction of sp³-hybridized carbons (Fsp3) is 0.125. The molecule has 22 heavy (non-hydrogen) atoms. The van der Waals surface area contributed by atoms with Crippen LogP contribution in [0.1, 0.15) is 22.0 Å². The molecule has 1 heterocycles. The molecule has 6 heteroatoms. The normalized spacial score (nSPS) is 16.9. The van der Waals surface area contributed by atoms with Gasteiger partial charge in [-0.1, -0.05) is 30.3 Å². The summed E-state index contributed by atoms with van der Waals surface area (Å²) in [5.74, 6) is -2.83. The molecule has 0 saturated carbocycles. The molecular formula is C16H12O6. The molecule has 1 unspecified atom stereocenters. The number of phenolic OH excluding ortho intramolecular Hbond substituents is 2. The van der Waals surface area contributed by atoms with Crippen LogP contribution in [0.3, 0.4) is 0 Å². The lowest BCUT2D eigenvalue weighted by atomic mass is 9.94. The third-order valence-electron chi connectivity index (χ3n) is 3.43. The highest BCUT2D eigenvalue weighted by molar-refractivity contribution is 6.47. The van der Waals surface area contributed by atoms with Gasteiger partial charge in [-0.15, -0.1) is 0 Å². The standard InChI is InChI=1S/C16H12O6/c1-21-15-10(18)7-9(17)11-12(19)13(20)14(22-16(11)15)8-5-3-2-4-6-8/h2-7,14,17-18H,1H3. The number of carbonyl (C=O) groups excluding carboxylic acids is 2. The van der Waals surface area contributed by atoms with Gasteiger partial charge in [0.1, 0.15) is 11.3 Å². The molecule has 0 aliphatic carbocycles. The third kappa shape index (κ3) is 1.96. The minimum Gasteiger partial charge on any atom is -0.507 e. The van der Waals surface area contributed by atoms with Gasteiger partial charge >= 0.3 is 0 Å². The monoisotopic (exact) mass is 300 g/mol. The van der Waals surface area contributed by atoms with Crippen molar-refractivity contribution >= 4 is 11.6 Å². The zero-order chi connectivity index (χ0) is 15.9. The average Bonchev–Trinajstić information content (AvgIpc) is 2.51. The fourth-order valence-electron chi connectivity index (χ4n) is 2.40. The smallest absolute Gasteiger partial charge is 0.248 e. The predicted molar refractivity (Wildman–Crippen MR) is 75.5 cm³/mol. The second kappa shape index (κ2) is 5.07. The number of Topliss-reactive ketones (excluding diaryl/α,β-unsaturated/α-hetero) is 2. The number of rotatable bonds is 2. The van der Waals surface area contributed by atoms with Crippen LogP contribution in [0.15, 0.2) is 36.4 Å². The van der Waals surface area contributed by atoms with E-state index in [1.165, 1.54) is 7.11 Å². The van der Waals surface area contributed by atoms with Gasteiger partial charge in [0.25, 0.3) is 0 Å². The predicted octanol–water partition coefficient (Wildman–Crippen LogP) is 1.99. The van der Waals surface area contributed by atoms with E-state index in [9.17, 15) is 19.8 Å². The van der Waals surface area contributed by atoms with Crippen molar-refractivity contribution in [2.24, 2.45) is 0 Å². The first kappa shape index (κ1) is 13.9. The highest BCUT2D eigenvalue weighted by Gasteiger charge is 2.41. The minimum atomic E-state index is -1.14. The summed E-state index contributed by atoms with van der Waals surface area (Å²) in [4.78, 5) is 24.5. The quantitative estimate of drug-likeness (QED) is 0.824. The molecule has 2 aromatic rings. The van der Waals surface area contributed by atoms with Crippen LogP contribution >= 0.6 is 0 Å². The number of fused-ring (bicyclic) bond motifs is 1. The minimum absolute atomic E-state index is 0.102. The summed E-state index contributed by atoms with van der Waals surface area (Å²) in [6.07, 6.45) is -1.14. The van der Waals surface area contributed by atoms with Gasteiger partial charge in [0, 0.05) is 11.6 Å². The Morgan fingerprint density at radius 1 is 1.09 bits per heavy atom. The van der Waals surface area contributed by atoms with Gasteiger partial charge in [-0.3, -0.25) is 9.59 Å². The zero-order valence-corrected chi connectivity index (χ0v) is 11.6. The maximum absolute atomic E-state index is 12.3. The molecule has 0 radical (unpaired) electrons. The van der Waals surface area contributed by atoms with Gasteiger partial charge in [-0.2, -0.15) is 0 Å². The van der Waals surface area contributed by atoms with E-state index in [0.29, 0.717) is 5.56 Å². The van der Waals surface area contributed by atoms with Crippen LogP contribution in [0.4, 0.5) is 0 Å². The molecule has 1 aliphatic rings. The van der Waals surface area contributed by atoms with Crippen LogP contribution in [0, 0.1) is 0 Å². The molecule has 0 saturated heterocycles. The molecule has 3 rings (SSSR count). The largest absolute Gasteiger partial charge is 0.507 e. The van der Waals surface area contributed by atoms with E-state index in [0.717, 1.165) is 6.07 Å². The van der Waals surface area contributed by atoms with Crippen LogP contribution in [0.2, 0.25) is 0 Å². The van der Waals surface area contributed by atoms with Gasteiger partial charge in [0.15, 0.2) is 17.6 Å². The van der Waals surface area contributed by atoms with Gasteiger partial charge in [0.2, 0.25) is 17.3 Å². The van der Waals surface area contributed by atoms with Crippen molar-refractivity contribution in [2.75, 3.05) is 7.11 Å². The number of ether oxygens (including phenoxy) is 2. The number of benzene rings is 2. The topological polar surface area (TPSA) is 93.1 Å². The van der Waals surface area contributed by atoms with Crippen molar-refractivity contribution in [1.29, 1.82) is 0 Å². The molecule has 0 amide bonds. The maximum atomic E-state index is 12.3. The molecule has 2 N–H and O–H groups in total. The van der Waals surface area contributed by atoms with Crippen molar-refractivity contribution in [1.82, 2.24) is 0 Å². The fourth-order valence-corrected chi connectivity index (χ4v) is 2.40. The molecule has 2 aromatic carbocycles. The summed E-state index contributed by atoms with van der Waals surface area (Å²) in [7, 11) is 1.29. The molecule has 112 valence electrons. The van der Waals surface area contributed by atoms with Crippen molar-refractivity contribution in [2.45, 2.75) is 6.10 Å². The molecule has 0 spiro atoms. The Labute approximate surface area is 125 Å². The van der Waals surface area contributed by atoms with Crippen LogP contribution in [0.25, 0.3) is 0 Å². The summed E-state index contributed by atoms with van der Waals surface area (Å²) >= 11 is 0. The molecule has 0 bridgehead atoms. The molecule has 0 fully saturated rings. The van der Waals surface area contributed by atoms with Crippen LogP contribution < -0.4 is 9.47 Å². The van der Waals surface area contributed by atoms with Gasteiger partial charge < -0.3 is 19.7 Å². The van der Waals surface area contributed by atoms with Crippen molar-refractivity contribution in [3.8, 4) is 23.0 Å². The van der Waals surface area contributed by atoms with E-state index in [-0.39, 0.29) is 22.8 Å². The van der Waals surface area contributed by atoms with Crippen molar-refractivity contribution in [3.05, 3.63) is 47.5 Å². The first-order valence-electron chi connectivity index (χ1n) is 6.47. The van der Waals surface area contributed by atoms with E-state index in [1.54, 1.807) is 30.3 Å². The maximum Gasteiger partial charge on any atom is 0.248 e. The van der Waals surface area contributed by atoms with E-state index in [1.807, 2.05) is 0 Å². The lowest BCUT2D eigenvalue weighted by Crippen LogP contribution is -2.32. The zero-order valence-electron chi connectivity index (χ0n) is 11.6.